The number of sulfonamides is 1. The maximum absolute atomic E-state index is 14.1. The summed E-state index contributed by atoms with van der Waals surface area (Å²) in [7, 11) is -3.94. The lowest BCUT2D eigenvalue weighted by atomic mass is 10.1. The number of fused-ring (bicyclic) bond motifs is 1. The highest BCUT2D eigenvalue weighted by Crippen LogP contribution is 2.24. The van der Waals surface area contributed by atoms with Gasteiger partial charge in [0, 0.05) is 49.0 Å². The second-order valence-electron chi connectivity index (χ2n) is 9.05. The van der Waals surface area contributed by atoms with Crippen LogP contribution in [0.25, 0.3) is 10.9 Å². The van der Waals surface area contributed by atoms with E-state index in [0.29, 0.717) is 36.0 Å². The number of rotatable bonds is 5. The van der Waals surface area contributed by atoms with Gasteiger partial charge in [0.2, 0.25) is 0 Å². The van der Waals surface area contributed by atoms with Crippen LogP contribution >= 0.6 is 0 Å². The van der Waals surface area contributed by atoms with Gasteiger partial charge in [-0.05, 0) is 55.0 Å². The van der Waals surface area contributed by atoms with Crippen molar-refractivity contribution in [2.24, 2.45) is 0 Å². The van der Waals surface area contributed by atoms with Gasteiger partial charge in [0.1, 0.15) is 4.90 Å². The molecular weight excluding hydrogens is 526 g/mol. The van der Waals surface area contributed by atoms with Crippen molar-refractivity contribution in [1.82, 2.24) is 14.8 Å². The Bertz CT molecular complexity index is 1660. The van der Waals surface area contributed by atoms with E-state index in [0.717, 1.165) is 6.07 Å². The van der Waals surface area contributed by atoms with Crippen LogP contribution in [0.5, 0.6) is 0 Å². The van der Waals surface area contributed by atoms with Crippen LogP contribution < -0.4 is 4.72 Å². The lowest BCUT2D eigenvalue weighted by Gasteiger charge is -2.22. The number of aromatic nitrogens is 1. The summed E-state index contributed by atoms with van der Waals surface area (Å²) in [5.74, 6) is -3.19. The molecule has 11 heteroatoms. The molecule has 2 amide bonds. The first-order valence-corrected chi connectivity index (χ1v) is 13.7. The van der Waals surface area contributed by atoms with Crippen LogP contribution in [0.4, 0.5) is 14.5 Å². The van der Waals surface area contributed by atoms with Crippen molar-refractivity contribution in [1.29, 1.82) is 0 Å². The summed E-state index contributed by atoms with van der Waals surface area (Å²) in [6.07, 6.45) is 1.99. The zero-order chi connectivity index (χ0) is 27.6. The van der Waals surface area contributed by atoms with Gasteiger partial charge in [0.05, 0.1) is 11.1 Å². The fourth-order valence-corrected chi connectivity index (χ4v) is 5.77. The zero-order valence-electron chi connectivity index (χ0n) is 20.7. The highest BCUT2D eigenvalue weighted by Gasteiger charge is 2.26. The first kappa shape index (κ1) is 26.2. The lowest BCUT2D eigenvalue weighted by Crippen LogP contribution is -2.37. The number of benzene rings is 3. The van der Waals surface area contributed by atoms with Crippen LogP contribution in [0, 0.1) is 11.6 Å². The van der Waals surface area contributed by atoms with Crippen molar-refractivity contribution >= 4 is 38.4 Å². The molecule has 1 fully saturated rings. The summed E-state index contributed by atoms with van der Waals surface area (Å²) in [4.78, 5) is 33.1. The van der Waals surface area contributed by atoms with Gasteiger partial charge in [-0.3, -0.25) is 19.3 Å². The number of nitrogens with one attached hydrogen (secondary N) is 1. The standard InChI is InChI=1S/C28H24F2N4O4S/c29-23-8-2-7-22(25(23)30)28(36)34-16-4-15-33(17-18-34)27(35)20-10-12-21(13-11-20)32-39(37,38)24-9-1-5-19-6-3-14-31-26(19)24/h1-3,5-14,32H,4,15-18H2. The van der Waals surface area contributed by atoms with E-state index in [9.17, 15) is 26.8 Å². The number of carbonyl (C=O) groups is 2. The van der Waals surface area contributed by atoms with E-state index >= 15 is 0 Å². The summed E-state index contributed by atoms with van der Waals surface area (Å²) in [5, 5.41) is 0.695. The third-order valence-electron chi connectivity index (χ3n) is 6.52. The minimum atomic E-state index is -3.94. The van der Waals surface area contributed by atoms with Crippen molar-refractivity contribution in [3.05, 3.63) is 102 Å². The topological polar surface area (TPSA) is 99.7 Å². The van der Waals surface area contributed by atoms with Crippen LogP contribution in [0.2, 0.25) is 0 Å². The summed E-state index contributed by atoms with van der Waals surface area (Å²) < 4.78 is 56.3. The summed E-state index contributed by atoms with van der Waals surface area (Å²) in [5.41, 5.74) is 0.644. The molecular formula is C28H24F2N4O4S. The first-order valence-electron chi connectivity index (χ1n) is 12.2. The molecule has 2 heterocycles. The highest BCUT2D eigenvalue weighted by molar-refractivity contribution is 7.93. The molecule has 1 aromatic heterocycles. The van der Waals surface area contributed by atoms with E-state index in [-0.39, 0.29) is 35.1 Å². The third kappa shape index (κ3) is 5.44. The lowest BCUT2D eigenvalue weighted by molar-refractivity contribution is 0.0715. The Kier molecular flexibility index (Phi) is 7.25. The van der Waals surface area contributed by atoms with Crippen LogP contribution in [0.1, 0.15) is 27.1 Å². The Hall–Kier alpha value is -4.38. The van der Waals surface area contributed by atoms with E-state index in [1.807, 2.05) is 0 Å². The van der Waals surface area contributed by atoms with Gasteiger partial charge in [-0.1, -0.05) is 24.3 Å². The SMILES string of the molecule is O=C(c1ccc(NS(=O)(=O)c2cccc3cccnc23)cc1)N1CCCN(C(=O)c2cccc(F)c2F)CC1. The molecule has 1 N–H and O–H groups in total. The van der Waals surface area contributed by atoms with Gasteiger partial charge >= 0.3 is 0 Å². The molecule has 0 bridgehead atoms. The molecule has 0 spiro atoms. The molecule has 4 aromatic rings. The Morgan fingerprint density at radius 1 is 0.795 bits per heavy atom. The van der Waals surface area contributed by atoms with Gasteiger partial charge < -0.3 is 9.80 Å². The average molecular weight is 551 g/mol. The molecule has 0 saturated carbocycles. The van der Waals surface area contributed by atoms with Crippen molar-refractivity contribution in [3.63, 3.8) is 0 Å². The number of nitrogens with zero attached hydrogens (tertiary/aromatic N) is 3. The molecule has 1 aliphatic rings. The van der Waals surface area contributed by atoms with Gasteiger partial charge in [-0.15, -0.1) is 0 Å². The molecule has 200 valence electrons. The number of anilines is 1. The van der Waals surface area contributed by atoms with E-state index in [4.69, 9.17) is 0 Å². The quantitative estimate of drug-likeness (QED) is 0.400. The summed E-state index contributed by atoms with van der Waals surface area (Å²) >= 11 is 0. The summed E-state index contributed by atoms with van der Waals surface area (Å²) in [6, 6.07) is 17.9. The van der Waals surface area contributed by atoms with E-state index in [1.54, 1.807) is 29.2 Å². The molecule has 1 saturated heterocycles. The smallest absolute Gasteiger partial charge is 0.264 e. The van der Waals surface area contributed by atoms with Gasteiger partial charge in [0.25, 0.3) is 21.8 Å². The Morgan fingerprint density at radius 2 is 1.46 bits per heavy atom. The Morgan fingerprint density at radius 3 is 2.21 bits per heavy atom. The molecule has 1 aliphatic heterocycles. The number of halogens is 2. The molecule has 8 nitrogen and oxygen atoms in total. The summed E-state index contributed by atoms with van der Waals surface area (Å²) in [6.45, 7) is 1.04. The fraction of sp³-hybridized carbons (Fsp3) is 0.179. The molecule has 0 aliphatic carbocycles. The van der Waals surface area contributed by atoms with Crippen molar-refractivity contribution in [2.75, 3.05) is 30.9 Å². The third-order valence-corrected chi connectivity index (χ3v) is 7.93. The number of carbonyl (C=O) groups excluding carboxylic acids is 2. The molecule has 3 aromatic carbocycles. The predicted molar refractivity (Wildman–Crippen MR) is 142 cm³/mol. The zero-order valence-corrected chi connectivity index (χ0v) is 21.5. The van der Waals surface area contributed by atoms with E-state index < -0.39 is 27.6 Å². The number of para-hydroxylation sites is 1. The predicted octanol–water partition coefficient (Wildman–Crippen LogP) is 4.30. The molecule has 39 heavy (non-hydrogen) atoms. The van der Waals surface area contributed by atoms with Crippen molar-refractivity contribution < 1.29 is 26.8 Å². The van der Waals surface area contributed by atoms with Crippen molar-refractivity contribution in [2.45, 2.75) is 11.3 Å². The average Bonchev–Trinajstić information content (AvgIpc) is 3.20. The molecule has 0 atom stereocenters. The molecule has 0 radical (unpaired) electrons. The highest BCUT2D eigenvalue weighted by atomic mass is 32.2. The van der Waals surface area contributed by atoms with Crippen LogP contribution in [0.3, 0.4) is 0 Å². The van der Waals surface area contributed by atoms with Crippen LogP contribution in [-0.4, -0.2) is 61.2 Å². The number of hydrogen-bond acceptors (Lipinski definition) is 5. The van der Waals surface area contributed by atoms with E-state index in [1.165, 1.54) is 53.6 Å². The minimum absolute atomic E-state index is 0.0440. The molecule has 0 unspecified atom stereocenters. The normalized spacial score (nSPS) is 14.2. The minimum Gasteiger partial charge on any atom is -0.337 e. The van der Waals surface area contributed by atoms with Crippen LogP contribution in [0.15, 0.2) is 83.9 Å². The van der Waals surface area contributed by atoms with Crippen LogP contribution in [-0.2, 0) is 10.0 Å². The Balaban J connectivity index is 1.25. The number of hydrogen-bond donors (Lipinski definition) is 1. The maximum atomic E-state index is 14.1. The van der Waals surface area contributed by atoms with Gasteiger partial charge in [-0.2, -0.15) is 0 Å². The Labute approximate surface area is 223 Å². The van der Waals surface area contributed by atoms with Crippen molar-refractivity contribution in [3.8, 4) is 0 Å². The number of amides is 2. The maximum Gasteiger partial charge on any atom is 0.264 e. The van der Waals surface area contributed by atoms with Gasteiger partial charge in [0.15, 0.2) is 11.6 Å². The second kappa shape index (κ2) is 10.8. The van der Waals surface area contributed by atoms with E-state index in [2.05, 4.69) is 9.71 Å². The monoisotopic (exact) mass is 550 g/mol. The second-order valence-corrected chi connectivity index (χ2v) is 10.7. The molecule has 5 rings (SSSR count). The number of pyridine rings is 1. The fourth-order valence-electron chi connectivity index (χ4n) is 4.53. The largest absolute Gasteiger partial charge is 0.337 e. The van der Waals surface area contributed by atoms with Gasteiger partial charge in [-0.25, -0.2) is 17.2 Å². The first-order chi connectivity index (χ1) is 18.7.